The van der Waals surface area contributed by atoms with Gasteiger partial charge in [-0.15, -0.1) is 24.8 Å². The minimum absolute atomic E-state index is 0. The van der Waals surface area contributed by atoms with Crippen LogP contribution in [0.2, 0.25) is 0 Å². The quantitative estimate of drug-likeness (QED) is 0.733. The third-order valence-corrected chi connectivity index (χ3v) is 4.88. The largest absolute Gasteiger partial charge is 0.377 e. The van der Waals surface area contributed by atoms with Crippen molar-refractivity contribution in [3.8, 4) is 0 Å². The van der Waals surface area contributed by atoms with Gasteiger partial charge in [0.25, 0.3) is 0 Å². The summed E-state index contributed by atoms with van der Waals surface area (Å²) in [5.74, 6) is 0.106. The number of rotatable bonds is 7. The van der Waals surface area contributed by atoms with E-state index in [0.717, 1.165) is 58.5 Å². The lowest BCUT2D eigenvalue weighted by Crippen LogP contribution is -2.47. The molecule has 1 unspecified atom stereocenters. The number of carbonyl (C=O) groups excluding carboxylic acids is 1. The molecule has 0 aliphatic carbocycles. The normalized spacial score (nSPS) is 20.8. The van der Waals surface area contributed by atoms with Gasteiger partial charge in [-0.25, -0.2) is 0 Å². The Labute approximate surface area is 169 Å². The fourth-order valence-electron chi connectivity index (χ4n) is 3.51. The smallest absolute Gasteiger partial charge is 0.234 e. The highest BCUT2D eigenvalue weighted by atomic mass is 35.5. The first kappa shape index (κ1) is 23.2. The van der Waals surface area contributed by atoms with Crippen LogP contribution in [0.15, 0.2) is 30.3 Å². The number of benzene rings is 1. The third kappa shape index (κ3) is 7.80. The highest BCUT2D eigenvalue weighted by molar-refractivity contribution is 5.85. The summed E-state index contributed by atoms with van der Waals surface area (Å²) in [7, 11) is 0. The summed E-state index contributed by atoms with van der Waals surface area (Å²) >= 11 is 0. The van der Waals surface area contributed by atoms with E-state index < -0.39 is 0 Å². The minimum atomic E-state index is 0. The van der Waals surface area contributed by atoms with Crippen LogP contribution >= 0.6 is 24.8 Å². The Bertz CT molecular complexity index is 505. The summed E-state index contributed by atoms with van der Waals surface area (Å²) in [6.45, 7) is 5.13. The molecule has 2 heterocycles. The van der Waals surface area contributed by atoms with E-state index in [0.29, 0.717) is 18.7 Å². The lowest BCUT2D eigenvalue weighted by molar-refractivity contribution is -0.121. The number of nitrogens with zero attached hydrogens (tertiary/aromatic N) is 1. The molecule has 0 bridgehead atoms. The molecule has 0 aromatic heterocycles. The van der Waals surface area contributed by atoms with Crippen molar-refractivity contribution in [1.82, 2.24) is 15.5 Å². The average molecular weight is 404 g/mol. The van der Waals surface area contributed by atoms with E-state index in [1.807, 2.05) is 0 Å². The summed E-state index contributed by atoms with van der Waals surface area (Å²) in [6.07, 6.45) is 4.60. The number of hydrogen-bond acceptors (Lipinski definition) is 4. The van der Waals surface area contributed by atoms with Crippen LogP contribution in [-0.2, 0) is 16.1 Å². The molecule has 1 aromatic carbocycles. The Morgan fingerprint density at radius 2 is 1.85 bits per heavy atom. The Morgan fingerprint density at radius 3 is 2.50 bits per heavy atom. The Morgan fingerprint density at radius 1 is 1.12 bits per heavy atom. The lowest BCUT2D eigenvalue weighted by atomic mass is 10.0. The van der Waals surface area contributed by atoms with Crippen LogP contribution in [0.3, 0.4) is 0 Å². The zero-order valence-electron chi connectivity index (χ0n) is 15.2. The standard InChI is InChI=1S/C19H29N3O2.2ClH/c23-19(14-20-13-18-7-4-12-24-18)21-17-8-10-22(11-9-17)15-16-5-2-1-3-6-16;;/h1-3,5-6,17-18,20H,4,7-15H2,(H,21,23);2*1H. The molecular formula is C19H31Cl2N3O2. The molecule has 148 valence electrons. The molecule has 26 heavy (non-hydrogen) atoms. The van der Waals surface area contributed by atoms with Crippen LogP contribution in [0, 0.1) is 0 Å². The summed E-state index contributed by atoms with van der Waals surface area (Å²) in [5, 5.41) is 6.37. The third-order valence-electron chi connectivity index (χ3n) is 4.88. The van der Waals surface area contributed by atoms with E-state index in [-0.39, 0.29) is 30.7 Å². The molecule has 1 amide bonds. The van der Waals surface area contributed by atoms with Gasteiger partial charge in [-0.2, -0.15) is 0 Å². The lowest BCUT2D eigenvalue weighted by Gasteiger charge is -2.32. The van der Waals surface area contributed by atoms with Crippen LogP contribution in [0.5, 0.6) is 0 Å². The van der Waals surface area contributed by atoms with Gasteiger partial charge in [0.1, 0.15) is 0 Å². The van der Waals surface area contributed by atoms with Gasteiger partial charge >= 0.3 is 0 Å². The van der Waals surface area contributed by atoms with Gasteiger partial charge in [0.2, 0.25) is 5.91 Å². The van der Waals surface area contributed by atoms with Crippen molar-refractivity contribution in [2.75, 3.05) is 32.8 Å². The van der Waals surface area contributed by atoms with Crippen LogP contribution in [0.4, 0.5) is 0 Å². The van der Waals surface area contributed by atoms with Crippen LogP contribution in [-0.4, -0.2) is 55.7 Å². The van der Waals surface area contributed by atoms with Crippen molar-refractivity contribution < 1.29 is 9.53 Å². The number of halogens is 2. The molecule has 2 N–H and O–H groups in total. The first-order valence-corrected chi connectivity index (χ1v) is 9.17. The number of piperidine rings is 1. The van der Waals surface area contributed by atoms with Crippen molar-refractivity contribution in [3.63, 3.8) is 0 Å². The fraction of sp³-hybridized carbons (Fsp3) is 0.632. The number of ether oxygens (including phenoxy) is 1. The van der Waals surface area contributed by atoms with Gasteiger partial charge in [-0.1, -0.05) is 30.3 Å². The molecule has 1 atom stereocenters. The molecule has 2 saturated heterocycles. The molecule has 0 radical (unpaired) electrons. The Hall–Kier alpha value is -0.850. The molecule has 7 heteroatoms. The van der Waals surface area contributed by atoms with E-state index >= 15 is 0 Å². The maximum Gasteiger partial charge on any atom is 0.234 e. The second-order valence-electron chi connectivity index (χ2n) is 6.87. The fourth-order valence-corrected chi connectivity index (χ4v) is 3.51. The number of amides is 1. The van der Waals surface area contributed by atoms with E-state index in [1.165, 1.54) is 5.56 Å². The summed E-state index contributed by atoms with van der Waals surface area (Å²) in [4.78, 5) is 14.5. The molecular weight excluding hydrogens is 373 g/mol. The van der Waals surface area contributed by atoms with Gasteiger partial charge in [-0.3, -0.25) is 9.69 Å². The summed E-state index contributed by atoms with van der Waals surface area (Å²) in [6, 6.07) is 10.9. The maximum absolute atomic E-state index is 12.0. The van der Waals surface area contributed by atoms with Gasteiger partial charge in [-0.05, 0) is 31.2 Å². The van der Waals surface area contributed by atoms with Gasteiger partial charge in [0, 0.05) is 38.8 Å². The number of hydrogen-bond donors (Lipinski definition) is 2. The number of carbonyl (C=O) groups is 1. The van der Waals surface area contributed by atoms with Crippen molar-refractivity contribution in [2.45, 2.75) is 44.4 Å². The SMILES string of the molecule is Cl.Cl.O=C(CNCC1CCCO1)NC1CCN(Cc2ccccc2)CC1. The zero-order valence-corrected chi connectivity index (χ0v) is 16.8. The summed E-state index contributed by atoms with van der Waals surface area (Å²) < 4.78 is 5.55. The molecule has 2 aliphatic heterocycles. The van der Waals surface area contributed by atoms with Gasteiger partial charge in [0.05, 0.1) is 12.6 Å². The van der Waals surface area contributed by atoms with Crippen molar-refractivity contribution in [2.24, 2.45) is 0 Å². The highest BCUT2D eigenvalue weighted by Gasteiger charge is 2.21. The second kappa shape index (κ2) is 12.5. The van der Waals surface area contributed by atoms with Gasteiger partial charge < -0.3 is 15.4 Å². The first-order chi connectivity index (χ1) is 11.8. The maximum atomic E-state index is 12.0. The van der Waals surface area contributed by atoms with Crippen LogP contribution in [0.25, 0.3) is 0 Å². The van der Waals surface area contributed by atoms with Crippen molar-refractivity contribution in [3.05, 3.63) is 35.9 Å². The molecule has 3 rings (SSSR count). The van der Waals surface area contributed by atoms with E-state index in [9.17, 15) is 4.79 Å². The molecule has 0 spiro atoms. The highest BCUT2D eigenvalue weighted by Crippen LogP contribution is 2.14. The molecule has 2 aliphatic rings. The predicted molar refractivity (Wildman–Crippen MR) is 109 cm³/mol. The molecule has 1 aromatic rings. The topological polar surface area (TPSA) is 53.6 Å². The van der Waals surface area contributed by atoms with Crippen molar-refractivity contribution in [1.29, 1.82) is 0 Å². The van der Waals surface area contributed by atoms with E-state index in [2.05, 4.69) is 45.9 Å². The second-order valence-corrected chi connectivity index (χ2v) is 6.87. The van der Waals surface area contributed by atoms with Gasteiger partial charge in [0.15, 0.2) is 0 Å². The monoisotopic (exact) mass is 403 g/mol. The molecule has 0 saturated carbocycles. The molecule has 5 nitrogen and oxygen atoms in total. The van der Waals surface area contributed by atoms with E-state index in [1.54, 1.807) is 0 Å². The minimum Gasteiger partial charge on any atom is -0.377 e. The Kier molecular flexibility index (Phi) is 11.2. The Balaban J connectivity index is 0.00000169. The first-order valence-electron chi connectivity index (χ1n) is 9.17. The average Bonchev–Trinajstić information content (AvgIpc) is 3.11. The van der Waals surface area contributed by atoms with Crippen LogP contribution < -0.4 is 10.6 Å². The zero-order chi connectivity index (χ0) is 16.6. The number of likely N-dealkylation sites (tertiary alicyclic amines) is 1. The van der Waals surface area contributed by atoms with E-state index in [4.69, 9.17) is 4.74 Å². The van der Waals surface area contributed by atoms with Crippen LogP contribution in [0.1, 0.15) is 31.2 Å². The van der Waals surface area contributed by atoms with Crippen molar-refractivity contribution >= 4 is 30.7 Å². The summed E-state index contributed by atoms with van der Waals surface area (Å²) in [5.41, 5.74) is 1.36. The predicted octanol–water partition coefficient (Wildman–Crippen LogP) is 2.38. The molecule has 2 fully saturated rings. The number of nitrogens with one attached hydrogen (secondary N) is 2.